The van der Waals surface area contributed by atoms with Crippen molar-refractivity contribution in [3.05, 3.63) is 70.9 Å². The molecule has 7 fully saturated rings. The van der Waals surface area contributed by atoms with Crippen LogP contribution in [0.4, 0.5) is 0 Å². The van der Waals surface area contributed by atoms with Crippen LogP contribution in [-0.4, -0.2) is 70.9 Å². The van der Waals surface area contributed by atoms with Crippen molar-refractivity contribution in [1.29, 1.82) is 0 Å². The molecule has 0 aromatic rings. The van der Waals surface area contributed by atoms with E-state index in [0.29, 0.717) is 37.5 Å². The average molecular weight is 833 g/mol. The largest absolute Gasteiger partial charge is 0.419 e. The van der Waals surface area contributed by atoms with Gasteiger partial charge in [0, 0.05) is 51.4 Å². The zero-order chi connectivity index (χ0) is 42.7. The van der Waals surface area contributed by atoms with E-state index in [-0.39, 0.29) is 60.8 Å². The second-order valence-electron chi connectivity index (χ2n) is 16.2. The van der Waals surface area contributed by atoms with Gasteiger partial charge in [-0.05, 0) is 62.5 Å². The maximum Gasteiger partial charge on any atom is 0.348 e. The third-order valence-electron chi connectivity index (χ3n) is 12.4. The fraction of sp³-hybridized carbons (Fsp3) is 0.545. The summed E-state index contributed by atoms with van der Waals surface area (Å²) in [5.74, 6) is -11.6. The molecule has 16 heteroatoms. The van der Waals surface area contributed by atoms with Crippen molar-refractivity contribution >= 4 is 47.8 Å². The van der Waals surface area contributed by atoms with E-state index in [1.807, 2.05) is 0 Å². The molecular weight excluding hydrogens is 784 g/mol. The highest BCUT2D eigenvalue weighted by atomic mass is 16.8. The molecule has 0 aromatic carbocycles. The van der Waals surface area contributed by atoms with Crippen LogP contribution in [0.2, 0.25) is 0 Å². The van der Waals surface area contributed by atoms with Crippen LogP contribution in [0.3, 0.4) is 0 Å². The predicted octanol–water partition coefficient (Wildman–Crippen LogP) is 5.54. The number of carbonyl (C=O) groups is 8. The van der Waals surface area contributed by atoms with Crippen LogP contribution in [-0.2, 0) is 76.3 Å². The van der Waals surface area contributed by atoms with Gasteiger partial charge in [0.05, 0.1) is 0 Å². The highest BCUT2D eigenvalue weighted by Gasteiger charge is 2.57. The van der Waals surface area contributed by atoms with Gasteiger partial charge in [0.15, 0.2) is 0 Å². The third-order valence-corrected chi connectivity index (χ3v) is 12.4. The van der Waals surface area contributed by atoms with Crippen LogP contribution in [0.25, 0.3) is 0 Å². The van der Waals surface area contributed by atoms with Gasteiger partial charge in [-0.3, -0.25) is 0 Å². The molecule has 4 aliphatic heterocycles. The molecule has 0 unspecified atom stereocenters. The van der Waals surface area contributed by atoms with Crippen molar-refractivity contribution < 1.29 is 76.3 Å². The van der Waals surface area contributed by atoms with E-state index in [9.17, 15) is 38.4 Å². The molecule has 4 saturated heterocycles. The zero-order valence-corrected chi connectivity index (χ0v) is 33.6. The minimum absolute atomic E-state index is 0.0462. The van der Waals surface area contributed by atoms with Crippen molar-refractivity contribution in [2.45, 2.75) is 140 Å². The first-order valence-corrected chi connectivity index (χ1v) is 20.7. The number of hydrogen-bond acceptors (Lipinski definition) is 16. The van der Waals surface area contributed by atoms with Crippen molar-refractivity contribution in [1.82, 2.24) is 0 Å². The first-order chi connectivity index (χ1) is 28.7. The molecule has 7 aliphatic rings. The smallest absolute Gasteiger partial charge is 0.348 e. The van der Waals surface area contributed by atoms with Crippen molar-refractivity contribution in [2.75, 3.05) is 0 Å². The Bertz CT molecular complexity index is 1790. The maximum absolute atomic E-state index is 12.9. The van der Waals surface area contributed by atoms with Crippen molar-refractivity contribution in [3.8, 4) is 0 Å². The second-order valence-corrected chi connectivity index (χ2v) is 16.2. The molecule has 3 aliphatic carbocycles. The van der Waals surface area contributed by atoms with Gasteiger partial charge < -0.3 is 37.9 Å². The predicted molar refractivity (Wildman–Crippen MR) is 202 cm³/mol. The summed E-state index contributed by atoms with van der Waals surface area (Å²) < 4.78 is 44.4. The summed E-state index contributed by atoms with van der Waals surface area (Å²) in [6.45, 7) is 4.19. The summed E-state index contributed by atoms with van der Waals surface area (Å²) in [5.41, 5.74) is -1.25. The van der Waals surface area contributed by atoms with Crippen LogP contribution in [0.15, 0.2) is 70.9 Å². The van der Waals surface area contributed by atoms with Crippen LogP contribution in [0.1, 0.15) is 117 Å². The Balaban J connectivity index is 0.865. The molecule has 0 N–H and O–H groups in total. The molecule has 7 rings (SSSR count). The summed E-state index contributed by atoms with van der Waals surface area (Å²) in [4.78, 5) is 102. The summed E-state index contributed by atoms with van der Waals surface area (Å²) in [5, 5.41) is 0. The molecule has 320 valence electrons. The van der Waals surface area contributed by atoms with Crippen molar-refractivity contribution in [3.63, 3.8) is 0 Å². The summed E-state index contributed by atoms with van der Waals surface area (Å²) in [7, 11) is 0. The van der Waals surface area contributed by atoms with Crippen LogP contribution in [0, 0.1) is 11.8 Å². The minimum Gasteiger partial charge on any atom is -0.419 e. The standard InChI is InChI=1S/C44H48O16/c1-3-27-15-19-41(20-16-27)53-33(45)29(34(46)54-41)11-7-5-9-13-31-37(49)57-43(58-38(31)50)23-25-44(26-24-43)59-39(51)32(40(52)60-44)14-10-6-8-12-30-35(47)55-42(56-36(30)48)21-17-28(4-2)18-22-42/h5-8,11-14,27-28H,3-4,9-10,15-26H2,1-2H3. The van der Waals surface area contributed by atoms with E-state index in [4.69, 9.17) is 37.9 Å². The molecule has 60 heavy (non-hydrogen) atoms. The third kappa shape index (κ3) is 8.87. The van der Waals surface area contributed by atoms with E-state index in [2.05, 4.69) is 13.8 Å². The SMILES string of the molecule is CCC1CCC2(CC1)OC(=O)C(=CC=CCC=C1C(=O)OC3(CCC4(CC3)OC(=O)C(=CCC=CC=C3C(=O)OC5(CCC(CC)CC5)OC3=O)C(=O)O4)OC1=O)C(=O)O2. The Morgan fingerprint density at radius 3 is 0.917 bits per heavy atom. The van der Waals surface area contributed by atoms with Gasteiger partial charge in [0.2, 0.25) is 0 Å². The normalized spacial score (nSPS) is 33.3. The Hall–Kier alpha value is -5.80. The molecule has 3 saturated carbocycles. The van der Waals surface area contributed by atoms with E-state index < -0.39 is 70.9 Å². The number of ether oxygens (including phenoxy) is 8. The second kappa shape index (κ2) is 17.1. The van der Waals surface area contributed by atoms with Gasteiger partial charge in [-0.1, -0.05) is 63.1 Å². The molecule has 0 radical (unpaired) electrons. The molecule has 0 aromatic heterocycles. The van der Waals surface area contributed by atoms with Crippen LogP contribution >= 0.6 is 0 Å². The molecule has 4 heterocycles. The highest BCUT2D eigenvalue weighted by Crippen LogP contribution is 2.46. The number of rotatable bonds is 8. The average Bonchev–Trinajstić information content (AvgIpc) is 3.20. The van der Waals surface area contributed by atoms with Gasteiger partial charge in [-0.25, -0.2) is 38.4 Å². The molecule has 0 amide bonds. The van der Waals surface area contributed by atoms with Gasteiger partial charge in [0.1, 0.15) is 22.3 Å². The van der Waals surface area contributed by atoms with Crippen LogP contribution < -0.4 is 0 Å². The first-order valence-electron chi connectivity index (χ1n) is 20.7. The Kier molecular flexibility index (Phi) is 12.0. The molecular formula is C44H48O16. The van der Waals surface area contributed by atoms with E-state index in [0.717, 1.165) is 38.5 Å². The lowest BCUT2D eigenvalue weighted by molar-refractivity contribution is -0.291. The monoisotopic (exact) mass is 832 g/mol. The zero-order valence-electron chi connectivity index (χ0n) is 33.6. The lowest BCUT2D eigenvalue weighted by atomic mass is 9.83. The van der Waals surface area contributed by atoms with E-state index >= 15 is 0 Å². The van der Waals surface area contributed by atoms with Gasteiger partial charge in [-0.2, -0.15) is 0 Å². The van der Waals surface area contributed by atoms with E-state index in [1.54, 1.807) is 0 Å². The molecule has 16 nitrogen and oxygen atoms in total. The van der Waals surface area contributed by atoms with Crippen molar-refractivity contribution in [2.24, 2.45) is 11.8 Å². The fourth-order valence-electron chi connectivity index (χ4n) is 8.55. The van der Waals surface area contributed by atoms with E-state index in [1.165, 1.54) is 48.6 Å². The quantitative estimate of drug-likeness (QED) is 0.127. The molecule has 4 spiro atoms. The molecule has 0 bridgehead atoms. The Morgan fingerprint density at radius 2 is 0.650 bits per heavy atom. The van der Waals surface area contributed by atoms with Gasteiger partial charge >= 0.3 is 47.8 Å². The Morgan fingerprint density at radius 1 is 0.400 bits per heavy atom. The number of hydrogen-bond donors (Lipinski definition) is 0. The fourth-order valence-corrected chi connectivity index (χ4v) is 8.55. The summed E-state index contributed by atoms with van der Waals surface area (Å²) in [6, 6.07) is 0. The lowest BCUT2D eigenvalue weighted by Gasteiger charge is -2.46. The number of allylic oxidation sites excluding steroid dienone is 8. The van der Waals surface area contributed by atoms with Gasteiger partial charge in [0.25, 0.3) is 23.1 Å². The Labute approximate surface area is 345 Å². The minimum atomic E-state index is -1.66. The molecule has 0 atom stereocenters. The number of esters is 8. The summed E-state index contributed by atoms with van der Waals surface area (Å²) in [6.07, 6.45) is 17.5. The first kappa shape index (κ1) is 42.3. The highest BCUT2D eigenvalue weighted by molar-refractivity contribution is 6.17. The van der Waals surface area contributed by atoms with Gasteiger partial charge in [-0.15, -0.1) is 0 Å². The van der Waals surface area contributed by atoms with Crippen LogP contribution in [0.5, 0.6) is 0 Å². The number of carbonyl (C=O) groups excluding carboxylic acids is 8. The summed E-state index contributed by atoms with van der Waals surface area (Å²) >= 11 is 0. The maximum atomic E-state index is 12.9. The lowest BCUT2D eigenvalue weighted by Crippen LogP contribution is -2.56. The topological polar surface area (TPSA) is 210 Å².